The number of hydrogen-bond donors (Lipinski definition) is 2. The second-order valence-corrected chi connectivity index (χ2v) is 5.00. The van der Waals surface area contributed by atoms with E-state index in [0.717, 1.165) is 0 Å². The van der Waals surface area contributed by atoms with Crippen LogP contribution in [0, 0.1) is 11.3 Å². The minimum absolute atomic E-state index is 0.195. The van der Waals surface area contributed by atoms with E-state index in [1.165, 1.54) is 19.2 Å². The fourth-order valence-corrected chi connectivity index (χ4v) is 2.09. The summed E-state index contributed by atoms with van der Waals surface area (Å²) in [6.07, 6.45) is -0.438. The van der Waals surface area contributed by atoms with Gasteiger partial charge in [0.2, 0.25) is 11.8 Å². The highest BCUT2D eigenvalue weighted by Gasteiger charge is 2.15. The maximum absolute atomic E-state index is 12.0. The molecule has 0 radical (unpaired) electrons. The van der Waals surface area contributed by atoms with Crippen LogP contribution in [0.1, 0.15) is 22.3 Å². The second kappa shape index (κ2) is 8.26. The van der Waals surface area contributed by atoms with Crippen molar-refractivity contribution in [3.05, 3.63) is 59.7 Å². The molecule has 25 heavy (non-hydrogen) atoms. The van der Waals surface area contributed by atoms with Crippen molar-refractivity contribution in [3.8, 4) is 6.07 Å². The van der Waals surface area contributed by atoms with Gasteiger partial charge in [-0.15, -0.1) is 0 Å². The highest BCUT2D eigenvalue weighted by molar-refractivity contribution is 6.10. The third-order valence-corrected chi connectivity index (χ3v) is 3.20. The third-order valence-electron chi connectivity index (χ3n) is 3.20. The Bertz CT molecular complexity index is 855. The highest BCUT2D eigenvalue weighted by Crippen LogP contribution is 2.16. The lowest BCUT2D eigenvalue weighted by Gasteiger charge is -2.10. The molecule has 0 heterocycles. The first-order valence-electron chi connectivity index (χ1n) is 7.30. The van der Waals surface area contributed by atoms with Gasteiger partial charge in [-0.05, 0) is 30.3 Å². The van der Waals surface area contributed by atoms with E-state index in [-0.39, 0.29) is 11.3 Å². The first kappa shape index (κ1) is 17.7. The zero-order valence-corrected chi connectivity index (χ0v) is 13.4. The minimum atomic E-state index is -0.589. The summed E-state index contributed by atoms with van der Waals surface area (Å²) in [7, 11) is 1.24. The molecule has 126 valence electrons. The van der Waals surface area contributed by atoms with Crippen LogP contribution in [0.2, 0.25) is 0 Å². The number of esters is 1. The number of ether oxygens (including phenoxy) is 1. The van der Waals surface area contributed by atoms with Crippen LogP contribution in [0.4, 0.5) is 11.4 Å². The summed E-state index contributed by atoms with van der Waals surface area (Å²) in [6.45, 7) is 0. The second-order valence-electron chi connectivity index (χ2n) is 5.00. The fourth-order valence-electron chi connectivity index (χ4n) is 2.09. The van der Waals surface area contributed by atoms with Crippen LogP contribution in [0.15, 0.2) is 48.5 Å². The Kier molecular flexibility index (Phi) is 5.85. The monoisotopic (exact) mass is 337 g/mol. The van der Waals surface area contributed by atoms with Crippen molar-refractivity contribution in [1.29, 1.82) is 5.26 Å². The standard InChI is InChI=1S/C18H15N3O4/c1-25-18(24)14-7-2-3-8-15(14)21-17(23)10-16(22)20-13-6-4-5-12(9-13)11-19/h2-9H,10H2,1H3,(H,20,22)(H,21,23). The van der Waals surface area contributed by atoms with Crippen molar-refractivity contribution in [2.75, 3.05) is 17.7 Å². The van der Waals surface area contributed by atoms with Gasteiger partial charge in [-0.1, -0.05) is 18.2 Å². The fraction of sp³-hybridized carbons (Fsp3) is 0.111. The molecular formula is C18H15N3O4. The number of amides is 2. The first-order valence-corrected chi connectivity index (χ1v) is 7.30. The molecule has 0 saturated carbocycles. The van der Waals surface area contributed by atoms with Crippen LogP contribution in [0.3, 0.4) is 0 Å². The number of carbonyl (C=O) groups is 3. The number of carbonyl (C=O) groups excluding carboxylic acids is 3. The van der Waals surface area contributed by atoms with Gasteiger partial charge < -0.3 is 15.4 Å². The Morgan fingerprint density at radius 3 is 2.48 bits per heavy atom. The predicted octanol–water partition coefficient (Wildman–Crippen LogP) is 2.31. The Morgan fingerprint density at radius 2 is 1.76 bits per heavy atom. The topological polar surface area (TPSA) is 108 Å². The predicted molar refractivity (Wildman–Crippen MR) is 90.8 cm³/mol. The summed E-state index contributed by atoms with van der Waals surface area (Å²) in [5, 5.41) is 13.9. The summed E-state index contributed by atoms with van der Waals surface area (Å²) in [5.41, 5.74) is 1.28. The number of rotatable bonds is 5. The zero-order chi connectivity index (χ0) is 18.2. The quantitative estimate of drug-likeness (QED) is 0.643. The lowest BCUT2D eigenvalue weighted by Crippen LogP contribution is -2.22. The Balaban J connectivity index is 1.99. The number of benzene rings is 2. The molecule has 0 spiro atoms. The van der Waals surface area contributed by atoms with E-state index in [9.17, 15) is 14.4 Å². The summed E-state index contributed by atoms with van der Waals surface area (Å²) in [6, 6.07) is 14.6. The van der Waals surface area contributed by atoms with Crippen LogP contribution >= 0.6 is 0 Å². The molecule has 0 fully saturated rings. The largest absolute Gasteiger partial charge is 0.465 e. The van der Waals surface area contributed by atoms with Crippen LogP contribution < -0.4 is 10.6 Å². The molecule has 2 N–H and O–H groups in total. The average Bonchev–Trinajstić information content (AvgIpc) is 2.61. The Labute approximate surface area is 144 Å². The van der Waals surface area contributed by atoms with Crippen molar-refractivity contribution in [2.24, 2.45) is 0 Å². The molecular weight excluding hydrogens is 322 g/mol. The number of nitriles is 1. The van der Waals surface area contributed by atoms with Crippen LogP contribution in [-0.4, -0.2) is 24.9 Å². The normalized spacial score (nSPS) is 9.60. The lowest BCUT2D eigenvalue weighted by molar-refractivity contribution is -0.123. The number of hydrogen-bond acceptors (Lipinski definition) is 5. The number of anilines is 2. The smallest absolute Gasteiger partial charge is 0.339 e. The molecule has 0 aliphatic carbocycles. The first-order chi connectivity index (χ1) is 12.0. The summed E-state index contributed by atoms with van der Waals surface area (Å²) < 4.78 is 4.64. The molecule has 0 saturated heterocycles. The maximum atomic E-state index is 12.0. The van der Waals surface area contributed by atoms with Crippen LogP contribution in [0.25, 0.3) is 0 Å². The molecule has 2 amide bonds. The van der Waals surface area contributed by atoms with Gasteiger partial charge in [0.25, 0.3) is 0 Å². The third kappa shape index (κ3) is 4.91. The average molecular weight is 337 g/mol. The van der Waals surface area contributed by atoms with Gasteiger partial charge in [-0.2, -0.15) is 5.26 Å². The number of nitrogens with zero attached hydrogens (tertiary/aromatic N) is 1. The van der Waals surface area contributed by atoms with Crippen LogP contribution in [0.5, 0.6) is 0 Å². The maximum Gasteiger partial charge on any atom is 0.339 e. The molecule has 2 aromatic rings. The minimum Gasteiger partial charge on any atom is -0.465 e. The van der Waals surface area contributed by atoms with E-state index in [1.54, 1.807) is 36.4 Å². The molecule has 0 unspecified atom stereocenters. The van der Waals surface area contributed by atoms with Gasteiger partial charge >= 0.3 is 5.97 Å². The van der Waals surface area contributed by atoms with Gasteiger partial charge in [0, 0.05) is 5.69 Å². The summed E-state index contributed by atoms with van der Waals surface area (Å²) in [5.74, 6) is -1.71. The van der Waals surface area contributed by atoms with E-state index >= 15 is 0 Å². The van der Waals surface area contributed by atoms with E-state index in [0.29, 0.717) is 11.3 Å². The van der Waals surface area contributed by atoms with E-state index in [4.69, 9.17) is 5.26 Å². The number of methoxy groups -OCH3 is 1. The molecule has 2 rings (SSSR count). The number of para-hydroxylation sites is 1. The summed E-state index contributed by atoms with van der Waals surface area (Å²) >= 11 is 0. The summed E-state index contributed by atoms with van der Waals surface area (Å²) in [4.78, 5) is 35.6. The van der Waals surface area contributed by atoms with Crippen molar-refractivity contribution < 1.29 is 19.1 Å². The molecule has 0 bridgehead atoms. The van der Waals surface area contributed by atoms with E-state index in [2.05, 4.69) is 15.4 Å². The Hall–Kier alpha value is -3.66. The molecule has 0 aromatic heterocycles. The molecule has 7 heteroatoms. The lowest BCUT2D eigenvalue weighted by atomic mass is 10.1. The molecule has 0 aliphatic heterocycles. The Morgan fingerprint density at radius 1 is 1.04 bits per heavy atom. The zero-order valence-electron chi connectivity index (χ0n) is 13.4. The van der Waals surface area contributed by atoms with Gasteiger partial charge in [0.15, 0.2) is 0 Å². The highest BCUT2D eigenvalue weighted by atomic mass is 16.5. The SMILES string of the molecule is COC(=O)c1ccccc1NC(=O)CC(=O)Nc1cccc(C#N)c1. The molecule has 0 atom stereocenters. The molecule has 7 nitrogen and oxygen atoms in total. The van der Waals surface area contributed by atoms with Crippen molar-refractivity contribution in [1.82, 2.24) is 0 Å². The van der Waals surface area contributed by atoms with E-state index in [1.807, 2.05) is 6.07 Å². The van der Waals surface area contributed by atoms with Gasteiger partial charge in [-0.3, -0.25) is 9.59 Å². The van der Waals surface area contributed by atoms with E-state index < -0.39 is 24.2 Å². The van der Waals surface area contributed by atoms with Gasteiger partial charge in [-0.25, -0.2) is 4.79 Å². The molecule has 0 aliphatic rings. The number of nitrogens with one attached hydrogen (secondary N) is 2. The molecule has 2 aromatic carbocycles. The van der Waals surface area contributed by atoms with Gasteiger partial charge in [0.05, 0.1) is 30.0 Å². The van der Waals surface area contributed by atoms with Crippen molar-refractivity contribution >= 4 is 29.2 Å². The van der Waals surface area contributed by atoms with Crippen LogP contribution in [-0.2, 0) is 14.3 Å². The van der Waals surface area contributed by atoms with Gasteiger partial charge in [0.1, 0.15) is 6.42 Å². The van der Waals surface area contributed by atoms with Crippen molar-refractivity contribution in [2.45, 2.75) is 6.42 Å². The van der Waals surface area contributed by atoms with Crippen molar-refractivity contribution in [3.63, 3.8) is 0 Å².